The number of aryl methyl sites for hydroxylation is 1. The molecule has 3 nitrogen and oxygen atoms in total. The van der Waals surface area contributed by atoms with Gasteiger partial charge in [0.1, 0.15) is 41.3 Å². The molecule has 0 spiro atoms. The van der Waals surface area contributed by atoms with Gasteiger partial charge in [0, 0.05) is 0 Å². The Labute approximate surface area is 155 Å². The SMILES string of the molecule is Cc1cc(Oc2ccccc2)ccc1C1COC(c2c(F)cccc2F)=N1. The molecule has 136 valence electrons. The fourth-order valence-corrected chi connectivity index (χ4v) is 3.08. The van der Waals surface area contributed by atoms with Gasteiger partial charge >= 0.3 is 0 Å². The van der Waals surface area contributed by atoms with E-state index < -0.39 is 11.6 Å². The van der Waals surface area contributed by atoms with Gasteiger partial charge in [-0.3, -0.25) is 0 Å². The van der Waals surface area contributed by atoms with Crippen LogP contribution in [0.5, 0.6) is 11.5 Å². The van der Waals surface area contributed by atoms with Crippen molar-refractivity contribution in [2.45, 2.75) is 13.0 Å². The van der Waals surface area contributed by atoms with Crippen LogP contribution >= 0.6 is 0 Å². The third-order valence-electron chi connectivity index (χ3n) is 4.41. The number of halogens is 2. The molecule has 3 aromatic rings. The van der Waals surface area contributed by atoms with Crippen LogP contribution in [0.15, 0.2) is 71.7 Å². The highest BCUT2D eigenvalue weighted by Crippen LogP contribution is 2.32. The molecular weight excluding hydrogens is 348 g/mol. The van der Waals surface area contributed by atoms with E-state index in [1.807, 2.05) is 55.5 Å². The van der Waals surface area contributed by atoms with Crippen LogP contribution in [0.1, 0.15) is 22.7 Å². The van der Waals surface area contributed by atoms with Crippen LogP contribution in [-0.4, -0.2) is 12.5 Å². The van der Waals surface area contributed by atoms with Gasteiger partial charge in [0.05, 0.1) is 0 Å². The van der Waals surface area contributed by atoms with E-state index in [1.54, 1.807) is 0 Å². The molecule has 1 atom stereocenters. The molecule has 0 aromatic heterocycles. The second-order valence-electron chi connectivity index (χ2n) is 6.29. The summed E-state index contributed by atoms with van der Waals surface area (Å²) in [5.74, 6) is 0.102. The Kier molecular flexibility index (Phi) is 4.59. The van der Waals surface area contributed by atoms with Crippen LogP contribution in [0.4, 0.5) is 8.78 Å². The Balaban J connectivity index is 1.58. The summed E-state index contributed by atoms with van der Waals surface area (Å²) in [7, 11) is 0. The van der Waals surface area contributed by atoms with Crippen molar-refractivity contribution in [3.05, 3.63) is 95.1 Å². The van der Waals surface area contributed by atoms with Gasteiger partial charge in [-0.1, -0.05) is 30.3 Å². The minimum Gasteiger partial charge on any atom is -0.475 e. The molecule has 0 fully saturated rings. The van der Waals surface area contributed by atoms with Crippen molar-refractivity contribution in [2.24, 2.45) is 4.99 Å². The number of aliphatic imine (C=N–C) groups is 1. The molecule has 3 aromatic carbocycles. The van der Waals surface area contributed by atoms with Gasteiger partial charge in [0.15, 0.2) is 0 Å². The van der Waals surface area contributed by atoms with Crippen LogP contribution in [-0.2, 0) is 4.74 Å². The van der Waals surface area contributed by atoms with Crippen LogP contribution in [0.25, 0.3) is 0 Å². The lowest BCUT2D eigenvalue weighted by atomic mass is 10.0. The Hall–Kier alpha value is -3.21. The second-order valence-corrected chi connectivity index (χ2v) is 6.29. The molecule has 0 saturated carbocycles. The minimum atomic E-state index is -0.683. The standard InChI is InChI=1S/C22H17F2NO2/c1-14-12-16(27-15-6-3-2-4-7-15)10-11-17(14)20-13-26-22(25-20)21-18(23)8-5-9-19(21)24/h2-12,20H,13H2,1H3. The molecule has 1 aliphatic heterocycles. The summed E-state index contributed by atoms with van der Waals surface area (Å²) in [4.78, 5) is 4.40. The number of rotatable bonds is 4. The van der Waals surface area contributed by atoms with Crippen molar-refractivity contribution >= 4 is 5.90 Å². The highest BCUT2D eigenvalue weighted by atomic mass is 19.1. The molecule has 0 amide bonds. The summed E-state index contributed by atoms with van der Waals surface area (Å²) < 4.78 is 39.2. The normalized spacial score (nSPS) is 16.0. The molecule has 1 heterocycles. The monoisotopic (exact) mass is 365 g/mol. The zero-order valence-electron chi connectivity index (χ0n) is 14.7. The lowest BCUT2D eigenvalue weighted by Gasteiger charge is -2.12. The average molecular weight is 365 g/mol. The number of para-hydroxylation sites is 1. The van der Waals surface area contributed by atoms with Gasteiger partial charge in [-0.25, -0.2) is 13.8 Å². The molecule has 0 aliphatic carbocycles. The zero-order valence-corrected chi connectivity index (χ0v) is 14.7. The molecule has 0 saturated heterocycles. The number of benzene rings is 3. The summed E-state index contributed by atoms with van der Waals surface area (Å²) in [5.41, 5.74) is 1.68. The van der Waals surface area contributed by atoms with Gasteiger partial charge < -0.3 is 9.47 Å². The van der Waals surface area contributed by atoms with E-state index >= 15 is 0 Å². The van der Waals surface area contributed by atoms with Crippen molar-refractivity contribution in [3.63, 3.8) is 0 Å². The van der Waals surface area contributed by atoms with E-state index in [1.165, 1.54) is 18.2 Å². The number of hydrogen-bond donors (Lipinski definition) is 0. The number of hydrogen-bond acceptors (Lipinski definition) is 3. The van der Waals surface area contributed by atoms with Gasteiger partial charge in [-0.2, -0.15) is 0 Å². The maximum absolute atomic E-state index is 14.0. The minimum absolute atomic E-state index is 0.000359. The van der Waals surface area contributed by atoms with Gasteiger partial charge in [-0.15, -0.1) is 0 Å². The van der Waals surface area contributed by atoms with E-state index in [0.29, 0.717) is 5.75 Å². The van der Waals surface area contributed by atoms with Gasteiger partial charge in [0.25, 0.3) is 0 Å². The van der Waals surface area contributed by atoms with Crippen LogP contribution < -0.4 is 4.74 Å². The fourth-order valence-electron chi connectivity index (χ4n) is 3.08. The molecule has 1 unspecified atom stereocenters. The third kappa shape index (κ3) is 3.53. The molecule has 0 radical (unpaired) electrons. The molecule has 0 N–H and O–H groups in total. The predicted molar refractivity (Wildman–Crippen MR) is 99.3 cm³/mol. The first-order chi connectivity index (χ1) is 13.1. The zero-order chi connectivity index (χ0) is 18.8. The first-order valence-corrected chi connectivity index (χ1v) is 8.60. The van der Waals surface area contributed by atoms with Gasteiger partial charge in [-0.05, 0) is 54.4 Å². The quantitative estimate of drug-likeness (QED) is 0.604. The Morgan fingerprint density at radius 1 is 0.926 bits per heavy atom. The van der Waals surface area contributed by atoms with E-state index in [2.05, 4.69) is 4.99 Å². The van der Waals surface area contributed by atoms with Crippen LogP contribution in [0.2, 0.25) is 0 Å². The summed E-state index contributed by atoms with van der Waals surface area (Å²) in [6.45, 7) is 2.19. The molecule has 1 aliphatic rings. The fraction of sp³-hybridized carbons (Fsp3) is 0.136. The summed E-state index contributed by atoms with van der Waals surface area (Å²) in [5, 5.41) is 0. The first kappa shape index (κ1) is 17.2. The van der Waals surface area contributed by atoms with E-state index in [4.69, 9.17) is 9.47 Å². The van der Waals surface area contributed by atoms with Crippen molar-refractivity contribution in [3.8, 4) is 11.5 Å². The third-order valence-corrected chi connectivity index (χ3v) is 4.41. The highest BCUT2D eigenvalue weighted by molar-refractivity contribution is 5.95. The van der Waals surface area contributed by atoms with Crippen molar-refractivity contribution < 1.29 is 18.3 Å². The second kappa shape index (κ2) is 7.19. The van der Waals surface area contributed by atoms with E-state index in [9.17, 15) is 8.78 Å². The topological polar surface area (TPSA) is 30.8 Å². The van der Waals surface area contributed by atoms with E-state index in [0.717, 1.165) is 16.9 Å². The lowest BCUT2D eigenvalue weighted by Crippen LogP contribution is -2.07. The van der Waals surface area contributed by atoms with Crippen molar-refractivity contribution in [2.75, 3.05) is 6.61 Å². The summed E-state index contributed by atoms with van der Waals surface area (Å²) >= 11 is 0. The molecular formula is C22H17F2NO2. The smallest absolute Gasteiger partial charge is 0.222 e. The van der Waals surface area contributed by atoms with Crippen LogP contribution in [0.3, 0.4) is 0 Å². The molecule has 4 rings (SSSR count). The summed E-state index contributed by atoms with van der Waals surface area (Å²) in [6.07, 6.45) is 0. The van der Waals surface area contributed by atoms with Crippen molar-refractivity contribution in [1.29, 1.82) is 0 Å². The Morgan fingerprint density at radius 3 is 2.37 bits per heavy atom. The lowest BCUT2D eigenvalue weighted by molar-refractivity contribution is 0.317. The molecule has 27 heavy (non-hydrogen) atoms. The molecule has 0 bridgehead atoms. The number of nitrogens with zero attached hydrogens (tertiary/aromatic N) is 1. The average Bonchev–Trinajstić information content (AvgIpc) is 3.12. The predicted octanol–water partition coefficient (Wildman–Crippen LogP) is 5.58. The van der Waals surface area contributed by atoms with E-state index in [-0.39, 0.29) is 24.1 Å². The largest absolute Gasteiger partial charge is 0.475 e. The van der Waals surface area contributed by atoms with Crippen LogP contribution in [0, 0.1) is 18.6 Å². The Bertz CT molecular complexity index is 982. The Morgan fingerprint density at radius 2 is 1.67 bits per heavy atom. The highest BCUT2D eigenvalue weighted by Gasteiger charge is 2.27. The maximum atomic E-state index is 14.0. The maximum Gasteiger partial charge on any atom is 0.222 e. The molecule has 5 heteroatoms. The number of ether oxygens (including phenoxy) is 2. The summed E-state index contributed by atoms with van der Waals surface area (Å²) in [6, 6.07) is 18.6. The van der Waals surface area contributed by atoms with Gasteiger partial charge in [0.2, 0.25) is 5.90 Å². The van der Waals surface area contributed by atoms with Crippen molar-refractivity contribution in [1.82, 2.24) is 0 Å². The first-order valence-electron chi connectivity index (χ1n) is 8.60.